The zero-order valence-electron chi connectivity index (χ0n) is 14.7. The highest BCUT2D eigenvalue weighted by Crippen LogP contribution is 2.30. The first-order valence-electron chi connectivity index (χ1n) is 8.20. The molecule has 1 heterocycles. The monoisotopic (exact) mass is 387 g/mol. The van der Waals surface area contributed by atoms with Crippen molar-refractivity contribution < 1.29 is 18.0 Å². The number of rotatable bonds is 5. The van der Waals surface area contributed by atoms with Crippen molar-refractivity contribution in [2.75, 3.05) is 16.0 Å². The number of amides is 1. The molecule has 144 valence electrons. The molecule has 1 amide bonds. The van der Waals surface area contributed by atoms with Gasteiger partial charge >= 0.3 is 6.18 Å². The van der Waals surface area contributed by atoms with E-state index in [1.54, 1.807) is 30.3 Å². The molecule has 0 aliphatic rings. The van der Waals surface area contributed by atoms with Crippen LogP contribution in [0.2, 0.25) is 0 Å². The average Bonchev–Trinajstić information content (AvgIpc) is 2.63. The summed E-state index contributed by atoms with van der Waals surface area (Å²) in [5.74, 6) is 0.763. The number of nitrogens with zero attached hydrogens (tertiary/aromatic N) is 2. The van der Waals surface area contributed by atoms with Gasteiger partial charge in [0.05, 0.1) is 5.56 Å². The van der Waals surface area contributed by atoms with Crippen molar-refractivity contribution in [1.29, 1.82) is 0 Å². The van der Waals surface area contributed by atoms with Crippen molar-refractivity contribution in [3.05, 3.63) is 66.5 Å². The summed E-state index contributed by atoms with van der Waals surface area (Å²) in [6, 6.07) is 13.3. The van der Waals surface area contributed by atoms with E-state index >= 15 is 0 Å². The highest BCUT2D eigenvalue weighted by molar-refractivity contribution is 5.88. The van der Waals surface area contributed by atoms with E-state index in [1.165, 1.54) is 25.4 Å². The summed E-state index contributed by atoms with van der Waals surface area (Å²) in [5, 5.41) is 8.69. The third kappa shape index (κ3) is 5.19. The van der Waals surface area contributed by atoms with Gasteiger partial charge in [0.15, 0.2) is 0 Å². The third-order valence-electron chi connectivity index (χ3n) is 3.63. The van der Waals surface area contributed by atoms with E-state index in [0.29, 0.717) is 23.0 Å². The van der Waals surface area contributed by atoms with Crippen molar-refractivity contribution in [3.8, 4) is 0 Å². The Bertz CT molecular complexity index is 957. The number of hydrogen-bond donors (Lipinski definition) is 3. The number of anilines is 5. The molecule has 0 spiro atoms. The lowest BCUT2D eigenvalue weighted by Gasteiger charge is -2.11. The Morgan fingerprint density at radius 3 is 1.75 bits per heavy atom. The molecule has 28 heavy (non-hydrogen) atoms. The molecule has 0 saturated heterocycles. The second kappa shape index (κ2) is 7.95. The number of carbonyl (C=O) groups excluding carboxylic acids is 1. The van der Waals surface area contributed by atoms with Gasteiger partial charge in [0, 0.05) is 30.1 Å². The lowest BCUT2D eigenvalue weighted by atomic mass is 10.2. The summed E-state index contributed by atoms with van der Waals surface area (Å²) in [7, 11) is 0. The van der Waals surface area contributed by atoms with E-state index in [0.717, 1.165) is 17.8 Å². The highest BCUT2D eigenvalue weighted by Gasteiger charge is 2.29. The van der Waals surface area contributed by atoms with Crippen LogP contribution in [0.3, 0.4) is 0 Å². The fraction of sp³-hybridized carbons (Fsp3) is 0.105. The molecule has 6 nitrogen and oxygen atoms in total. The Labute approximate surface area is 158 Å². The molecule has 0 atom stereocenters. The number of carbonyl (C=O) groups is 1. The number of alkyl halides is 3. The molecule has 2 aromatic carbocycles. The average molecular weight is 387 g/mol. The van der Waals surface area contributed by atoms with Crippen molar-refractivity contribution in [2.45, 2.75) is 13.1 Å². The van der Waals surface area contributed by atoms with Crippen LogP contribution in [0, 0.1) is 0 Å². The molecule has 0 unspecified atom stereocenters. The highest BCUT2D eigenvalue weighted by atomic mass is 19.4. The second-order valence-electron chi connectivity index (χ2n) is 5.87. The molecule has 0 aliphatic heterocycles. The fourth-order valence-corrected chi connectivity index (χ4v) is 2.37. The van der Waals surface area contributed by atoms with Crippen molar-refractivity contribution in [2.24, 2.45) is 0 Å². The Morgan fingerprint density at radius 1 is 0.821 bits per heavy atom. The van der Waals surface area contributed by atoms with Gasteiger partial charge in [-0.3, -0.25) is 4.79 Å². The van der Waals surface area contributed by atoms with E-state index in [-0.39, 0.29) is 5.91 Å². The van der Waals surface area contributed by atoms with Crippen molar-refractivity contribution in [3.63, 3.8) is 0 Å². The smallest absolute Gasteiger partial charge is 0.340 e. The van der Waals surface area contributed by atoms with Crippen LogP contribution in [0.4, 0.5) is 41.9 Å². The van der Waals surface area contributed by atoms with Gasteiger partial charge in [-0.1, -0.05) is 0 Å². The van der Waals surface area contributed by atoms with Crippen LogP contribution in [-0.4, -0.2) is 15.9 Å². The zero-order valence-corrected chi connectivity index (χ0v) is 14.7. The standard InChI is InChI=1S/C19H16F3N5O/c1-12(28)25-14-6-8-16(9-7-14)27-18-10-17(23-11-24-18)26-15-4-2-13(3-5-15)19(20,21)22/h2-11H,1H3,(H,25,28)(H2,23,24,26,27). The van der Waals surface area contributed by atoms with Crippen LogP contribution in [0.5, 0.6) is 0 Å². The first kappa shape index (κ1) is 19.2. The number of halogens is 3. The fourth-order valence-electron chi connectivity index (χ4n) is 2.37. The predicted molar refractivity (Wildman–Crippen MR) is 101 cm³/mol. The van der Waals surface area contributed by atoms with Crippen LogP contribution in [0.15, 0.2) is 60.9 Å². The first-order chi connectivity index (χ1) is 13.3. The van der Waals surface area contributed by atoms with Crippen LogP contribution < -0.4 is 16.0 Å². The summed E-state index contributed by atoms with van der Waals surface area (Å²) in [5.41, 5.74) is 1.17. The Kier molecular flexibility index (Phi) is 5.44. The number of hydrogen-bond acceptors (Lipinski definition) is 5. The van der Waals surface area contributed by atoms with Crippen LogP contribution in [0.1, 0.15) is 12.5 Å². The summed E-state index contributed by atoms with van der Waals surface area (Å²) < 4.78 is 37.9. The van der Waals surface area contributed by atoms with E-state index < -0.39 is 11.7 Å². The summed E-state index contributed by atoms with van der Waals surface area (Å²) in [4.78, 5) is 19.2. The van der Waals surface area contributed by atoms with Gasteiger partial charge < -0.3 is 16.0 Å². The van der Waals surface area contributed by atoms with Gasteiger partial charge in [-0.25, -0.2) is 9.97 Å². The second-order valence-corrected chi connectivity index (χ2v) is 5.87. The van der Waals surface area contributed by atoms with Gasteiger partial charge in [-0.05, 0) is 48.5 Å². The number of benzene rings is 2. The maximum absolute atomic E-state index is 12.6. The molecule has 0 aliphatic carbocycles. The van der Waals surface area contributed by atoms with E-state index in [9.17, 15) is 18.0 Å². The Morgan fingerprint density at radius 2 is 1.29 bits per heavy atom. The maximum Gasteiger partial charge on any atom is 0.416 e. The minimum atomic E-state index is -4.37. The first-order valence-corrected chi connectivity index (χ1v) is 8.20. The normalized spacial score (nSPS) is 11.0. The van der Waals surface area contributed by atoms with E-state index in [1.807, 2.05) is 0 Å². The van der Waals surface area contributed by atoms with Gasteiger partial charge in [0.25, 0.3) is 0 Å². The van der Waals surface area contributed by atoms with E-state index in [4.69, 9.17) is 0 Å². The molecule has 0 bridgehead atoms. The van der Waals surface area contributed by atoms with Crippen molar-refractivity contribution in [1.82, 2.24) is 9.97 Å². The molecule has 9 heteroatoms. The quantitative estimate of drug-likeness (QED) is 0.578. The van der Waals surface area contributed by atoms with Gasteiger partial charge in [0.1, 0.15) is 18.0 Å². The number of aromatic nitrogens is 2. The molecular formula is C19H16F3N5O. The van der Waals surface area contributed by atoms with Crippen LogP contribution >= 0.6 is 0 Å². The van der Waals surface area contributed by atoms with E-state index in [2.05, 4.69) is 25.9 Å². The van der Waals surface area contributed by atoms with Crippen LogP contribution in [0.25, 0.3) is 0 Å². The molecule has 0 fully saturated rings. The molecular weight excluding hydrogens is 371 g/mol. The van der Waals surface area contributed by atoms with Gasteiger partial charge in [-0.2, -0.15) is 13.2 Å². The zero-order chi connectivity index (χ0) is 20.1. The minimum absolute atomic E-state index is 0.157. The maximum atomic E-state index is 12.6. The molecule has 0 radical (unpaired) electrons. The third-order valence-corrected chi connectivity index (χ3v) is 3.63. The van der Waals surface area contributed by atoms with Crippen molar-refractivity contribution >= 4 is 34.6 Å². The topological polar surface area (TPSA) is 78.9 Å². The Hall–Kier alpha value is -3.62. The molecule has 3 rings (SSSR count). The predicted octanol–water partition coefficient (Wildman–Crippen LogP) is 4.94. The van der Waals surface area contributed by atoms with Gasteiger partial charge in [0.2, 0.25) is 5.91 Å². The summed E-state index contributed by atoms with van der Waals surface area (Å²) in [6.07, 6.45) is -3.04. The molecule has 3 N–H and O–H groups in total. The SMILES string of the molecule is CC(=O)Nc1ccc(Nc2cc(Nc3ccc(C(F)(F)F)cc3)ncn2)cc1. The Balaban J connectivity index is 1.67. The minimum Gasteiger partial charge on any atom is -0.340 e. The summed E-state index contributed by atoms with van der Waals surface area (Å²) in [6.45, 7) is 1.43. The number of nitrogens with one attached hydrogen (secondary N) is 3. The lowest BCUT2D eigenvalue weighted by molar-refractivity contribution is -0.137. The van der Waals surface area contributed by atoms with Crippen LogP contribution in [-0.2, 0) is 11.0 Å². The molecule has 1 aromatic heterocycles. The molecule has 0 saturated carbocycles. The largest absolute Gasteiger partial charge is 0.416 e. The van der Waals surface area contributed by atoms with Gasteiger partial charge in [-0.15, -0.1) is 0 Å². The molecule has 3 aromatic rings. The summed E-state index contributed by atoms with van der Waals surface area (Å²) >= 11 is 0. The lowest BCUT2D eigenvalue weighted by Crippen LogP contribution is -2.05.